The number of nitrogens with two attached hydrogens (primary N) is 1. The highest BCUT2D eigenvalue weighted by atomic mass is 79.9. The second-order valence-electron chi connectivity index (χ2n) is 3.85. The van der Waals surface area contributed by atoms with E-state index in [1.807, 2.05) is 6.92 Å². The summed E-state index contributed by atoms with van der Waals surface area (Å²) in [4.78, 5) is 11.9. The molecule has 1 aromatic rings. The van der Waals surface area contributed by atoms with Crippen molar-refractivity contribution in [1.82, 2.24) is 5.32 Å². The number of halogens is 1. The summed E-state index contributed by atoms with van der Waals surface area (Å²) in [6.07, 6.45) is 1.61. The summed E-state index contributed by atoms with van der Waals surface area (Å²) in [6, 6.07) is 4.95. The molecule has 0 aliphatic carbocycles. The topological polar surface area (TPSA) is 72.2 Å². The third kappa shape index (κ3) is 4.47. The molecular weight excluding hydrogens is 304 g/mol. The van der Waals surface area contributed by atoms with Crippen molar-refractivity contribution < 1.29 is 9.00 Å². The van der Waals surface area contributed by atoms with Crippen LogP contribution in [0.1, 0.15) is 17.3 Å². The molecule has 0 heterocycles. The van der Waals surface area contributed by atoms with Crippen molar-refractivity contribution in [1.29, 1.82) is 0 Å². The van der Waals surface area contributed by atoms with E-state index >= 15 is 0 Å². The zero-order chi connectivity index (χ0) is 13.0. The van der Waals surface area contributed by atoms with Crippen molar-refractivity contribution in [3.8, 4) is 0 Å². The van der Waals surface area contributed by atoms with Gasteiger partial charge in [0.2, 0.25) is 0 Å². The third-order valence-corrected chi connectivity index (χ3v) is 3.58. The van der Waals surface area contributed by atoms with Gasteiger partial charge in [-0.3, -0.25) is 9.00 Å². The minimum atomic E-state index is -0.931. The molecule has 1 amide bonds. The van der Waals surface area contributed by atoms with Crippen LogP contribution in [0.25, 0.3) is 0 Å². The fourth-order valence-electron chi connectivity index (χ4n) is 1.44. The largest absolute Gasteiger partial charge is 0.398 e. The summed E-state index contributed by atoms with van der Waals surface area (Å²) in [5.74, 6) is 0.190. The van der Waals surface area contributed by atoms with E-state index in [9.17, 15) is 9.00 Å². The molecule has 0 aliphatic rings. The summed E-state index contributed by atoms with van der Waals surface area (Å²) in [5.41, 5.74) is 6.60. The lowest BCUT2D eigenvalue weighted by Gasteiger charge is -2.13. The average molecular weight is 319 g/mol. The van der Waals surface area contributed by atoms with E-state index in [0.29, 0.717) is 17.0 Å². The molecule has 2 unspecified atom stereocenters. The summed E-state index contributed by atoms with van der Waals surface area (Å²) in [6.45, 7) is 1.81. The number of nitrogens with one attached hydrogen (secondary N) is 1. The first-order valence-corrected chi connectivity index (χ1v) is 7.58. The molecule has 4 nitrogen and oxygen atoms in total. The van der Waals surface area contributed by atoms with Crippen molar-refractivity contribution in [3.63, 3.8) is 0 Å². The number of hydrogen-bond acceptors (Lipinski definition) is 3. The van der Waals surface area contributed by atoms with Crippen molar-refractivity contribution in [3.05, 3.63) is 28.2 Å². The molecule has 3 N–H and O–H groups in total. The highest BCUT2D eigenvalue weighted by molar-refractivity contribution is 9.10. The Morgan fingerprint density at radius 1 is 1.59 bits per heavy atom. The van der Waals surface area contributed by atoms with E-state index < -0.39 is 10.8 Å². The quantitative estimate of drug-likeness (QED) is 0.827. The van der Waals surface area contributed by atoms with Gasteiger partial charge in [-0.05, 0) is 25.1 Å². The maximum absolute atomic E-state index is 11.9. The molecule has 0 saturated heterocycles. The second-order valence-corrected chi connectivity index (χ2v) is 6.24. The Morgan fingerprint density at radius 2 is 2.24 bits per heavy atom. The highest BCUT2D eigenvalue weighted by Gasteiger charge is 2.13. The molecule has 94 valence electrons. The summed E-state index contributed by atoms with van der Waals surface area (Å²) in [5, 5.41) is 2.76. The van der Waals surface area contributed by atoms with Gasteiger partial charge < -0.3 is 11.1 Å². The van der Waals surface area contributed by atoms with Gasteiger partial charge in [-0.2, -0.15) is 0 Å². The van der Waals surface area contributed by atoms with Crippen molar-refractivity contribution >= 4 is 38.3 Å². The first-order chi connectivity index (χ1) is 7.90. The summed E-state index contributed by atoms with van der Waals surface area (Å²) in [7, 11) is -0.931. The van der Waals surface area contributed by atoms with Crippen LogP contribution < -0.4 is 11.1 Å². The monoisotopic (exact) mass is 318 g/mol. The summed E-state index contributed by atoms with van der Waals surface area (Å²) >= 11 is 3.28. The molecular formula is C11H15BrN2O2S. The SMILES string of the molecule is CC(CS(C)=O)NC(=O)c1ccc(Br)cc1N. The van der Waals surface area contributed by atoms with E-state index in [0.717, 1.165) is 4.47 Å². The Bertz CT molecular complexity index is 451. The van der Waals surface area contributed by atoms with Gasteiger partial charge in [0.15, 0.2) is 0 Å². The first-order valence-electron chi connectivity index (χ1n) is 5.06. The van der Waals surface area contributed by atoms with Crippen LogP contribution >= 0.6 is 15.9 Å². The lowest BCUT2D eigenvalue weighted by atomic mass is 10.1. The predicted octanol–water partition coefficient (Wildman–Crippen LogP) is 1.53. The molecule has 2 atom stereocenters. The Balaban J connectivity index is 2.73. The fourth-order valence-corrected chi connectivity index (χ4v) is 2.60. The van der Waals surface area contributed by atoms with Gasteiger partial charge in [-0.15, -0.1) is 0 Å². The Hall–Kier alpha value is -0.880. The molecule has 0 fully saturated rings. The predicted molar refractivity (Wildman–Crippen MR) is 74.4 cm³/mol. The molecule has 0 saturated carbocycles. The van der Waals surface area contributed by atoms with E-state index in [1.165, 1.54) is 0 Å². The van der Waals surface area contributed by atoms with Crippen molar-refractivity contribution in [2.45, 2.75) is 13.0 Å². The van der Waals surface area contributed by atoms with E-state index in [4.69, 9.17) is 5.73 Å². The minimum Gasteiger partial charge on any atom is -0.398 e. The number of rotatable bonds is 4. The maximum atomic E-state index is 11.9. The number of amides is 1. The van der Waals surface area contributed by atoms with Crippen LogP contribution in [-0.4, -0.2) is 28.2 Å². The Labute approximate surface area is 112 Å². The molecule has 1 rings (SSSR count). The number of carbonyl (C=O) groups excluding carboxylic acids is 1. The van der Waals surface area contributed by atoms with E-state index in [1.54, 1.807) is 24.5 Å². The minimum absolute atomic E-state index is 0.142. The zero-order valence-electron chi connectivity index (χ0n) is 9.70. The second kappa shape index (κ2) is 6.16. The van der Waals surface area contributed by atoms with Crippen LogP contribution in [0.5, 0.6) is 0 Å². The van der Waals surface area contributed by atoms with Crippen LogP contribution in [0.3, 0.4) is 0 Å². The molecule has 0 radical (unpaired) electrons. The van der Waals surface area contributed by atoms with Crippen LogP contribution in [0.2, 0.25) is 0 Å². The fraction of sp³-hybridized carbons (Fsp3) is 0.364. The number of anilines is 1. The van der Waals surface area contributed by atoms with Gasteiger partial charge >= 0.3 is 0 Å². The zero-order valence-corrected chi connectivity index (χ0v) is 12.1. The number of nitrogen functional groups attached to an aromatic ring is 1. The van der Waals surface area contributed by atoms with E-state index in [2.05, 4.69) is 21.2 Å². The summed E-state index contributed by atoms with van der Waals surface area (Å²) < 4.78 is 11.8. The van der Waals surface area contributed by atoms with Crippen molar-refractivity contribution in [2.24, 2.45) is 0 Å². The third-order valence-electron chi connectivity index (χ3n) is 2.12. The van der Waals surface area contributed by atoms with Crippen molar-refractivity contribution in [2.75, 3.05) is 17.7 Å². The van der Waals surface area contributed by atoms with Crippen LogP contribution in [0.4, 0.5) is 5.69 Å². The first kappa shape index (κ1) is 14.2. The molecule has 0 aliphatic heterocycles. The Morgan fingerprint density at radius 3 is 2.76 bits per heavy atom. The smallest absolute Gasteiger partial charge is 0.253 e. The van der Waals surface area contributed by atoms with Gasteiger partial charge in [-0.1, -0.05) is 15.9 Å². The van der Waals surface area contributed by atoms with Gasteiger partial charge in [0.05, 0.1) is 5.56 Å². The normalized spacial score (nSPS) is 14.1. The lowest BCUT2D eigenvalue weighted by molar-refractivity contribution is 0.0944. The number of benzene rings is 1. The molecule has 0 spiro atoms. The lowest BCUT2D eigenvalue weighted by Crippen LogP contribution is -2.36. The van der Waals surface area contributed by atoms with Crippen LogP contribution in [0.15, 0.2) is 22.7 Å². The van der Waals surface area contributed by atoms with Gasteiger partial charge in [-0.25, -0.2) is 0 Å². The van der Waals surface area contributed by atoms with Gasteiger partial charge in [0.25, 0.3) is 5.91 Å². The van der Waals surface area contributed by atoms with Gasteiger partial charge in [0, 0.05) is 39.0 Å². The molecule has 0 aromatic heterocycles. The Kier molecular flexibility index (Phi) is 5.14. The van der Waals surface area contributed by atoms with Crippen LogP contribution in [0, 0.1) is 0 Å². The maximum Gasteiger partial charge on any atom is 0.253 e. The average Bonchev–Trinajstić information content (AvgIpc) is 2.15. The number of hydrogen-bond donors (Lipinski definition) is 2. The molecule has 1 aromatic carbocycles. The molecule has 17 heavy (non-hydrogen) atoms. The highest BCUT2D eigenvalue weighted by Crippen LogP contribution is 2.18. The number of carbonyl (C=O) groups is 1. The van der Waals surface area contributed by atoms with E-state index in [-0.39, 0.29) is 11.9 Å². The standard InChI is InChI=1S/C11H15BrN2O2S/c1-7(6-17(2)16)14-11(15)9-4-3-8(12)5-10(9)13/h3-5,7H,6,13H2,1-2H3,(H,14,15). The molecule has 0 bridgehead atoms. The van der Waals surface area contributed by atoms with Crippen LogP contribution in [-0.2, 0) is 10.8 Å². The molecule has 6 heteroatoms. The van der Waals surface area contributed by atoms with Gasteiger partial charge in [0.1, 0.15) is 0 Å².